The van der Waals surface area contributed by atoms with Gasteiger partial charge in [0.2, 0.25) is 5.91 Å². The van der Waals surface area contributed by atoms with Gasteiger partial charge in [0.25, 0.3) is 0 Å². The van der Waals surface area contributed by atoms with Crippen LogP contribution in [-0.2, 0) is 19.1 Å². The van der Waals surface area contributed by atoms with Crippen LogP contribution in [0.1, 0.15) is 24.8 Å². The average molecular weight is 308 g/mol. The number of amides is 1. The number of carboxylic acid groups (broad SMARTS) is 1. The third kappa shape index (κ3) is 4.85. The molecule has 1 rings (SSSR count). The Morgan fingerprint density at radius 3 is 2.36 bits per heavy atom. The summed E-state index contributed by atoms with van der Waals surface area (Å²) in [5.41, 5.74) is 6.34. The van der Waals surface area contributed by atoms with E-state index in [1.165, 1.54) is 7.11 Å². The number of ether oxygens (including phenoxy) is 1. The molecule has 1 aromatic carbocycles. The molecule has 0 radical (unpaired) electrons. The summed E-state index contributed by atoms with van der Waals surface area (Å²) in [6.45, 7) is 1.76. The molecule has 1 unspecified atom stereocenters. The Kier molecular flexibility index (Phi) is 6.52. The normalized spacial score (nSPS) is 14.5. The fourth-order valence-electron chi connectivity index (χ4n) is 2.01. The fourth-order valence-corrected chi connectivity index (χ4v) is 2.01. The van der Waals surface area contributed by atoms with Gasteiger partial charge in [-0.25, -0.2) is 4.79 Å². The lowest BCUT2D eigenvalue weighted by Gasteiger charge is -2.24. The molecule has 22 heavy (non-hydrogen) atoms. The van der Waals surface area contributed by atoms with E-state index in [4.69, 9.17) is 15.6 Å². The monoisotopic (exact) mass is 308 g/mol. The first-order valence-electron chi connectivity index (χ1n) is 6.77. The second-order valence-corrected chi connectivity index (χ2v) is 4.91. The molecule has 0 saturated carbocycles. The molecule has 0 fully saturated rings. The van der Waals surface area contributed by atoms with Crippen molar-refractivity contribution in [2.45, 2.75) is 31.3 Å². The predicted octanol–water partition coefficient (Wildman–Crippen LogP) is 0.250. The lowest BCUT2D eigenvalue weighted by atomic mass is 9.93. The fraction of sp³-hybridized carbons (Fsp3) is 0.400. The second kappa shape index (κ2) is 8.14. The Hall–Kier alpha value is -2.41. The lowest BCUT2D eigenvalue weighted by Crippen LogP contribution is -2.51. The molecular formula is C15H20N2O5. The number of methoxy groups -OCH3 is 1. The van der Waals surface area contributed by atoms with Crippen molar-refractivity contribution in [1.29, 1.82) is 0 Å². The summed E-state index contributed by atoms with van der Waals surface area (Å²) in [5.74, 6) is -2.86. The SMILES string of the molecule is COC(=O)[C@@H](NC(=O)[C@@H](N)CC(=O)O)C(C)c1ccccc1. The Morgan fingerprint density at radius 2 is 1.86 bits per heavy atom. The molecule has 0 aliphatic heterocycles. The second-order valence-electron chi connectivity index (χ2n) is 4.91. The van der Waals surface area contributed by atoms with Crippen LogP contribution in [0.4, 0.5) is 0 Å². The van der Waals surface area contributed by atoms with Crippen LogP contribution in [0.5, 0.6) is 0 Å². The number of nitrogens with two attached hydrogens (primary N) is 1. The van der Waals surface area contributed by atoms with Crippen molar-refractivity contribution in [2.24, 2.45) is 5.73 Å². The van der Waals surface area contributed by atoms with Crippen LogP contribution in [0.15, 0.2) is 30.3 Å². The summed E-state index contributed by atoms with van der Waals surface area (Å²) in [4.78, 5) is 34.4. The number of rotatable bonds is 7. The number of benzene rings is 1. The number of esters is 1. The van der Waals surface area contributed by atoms with Crippen LogP contribution in [0.25, 0.3) is 0 Å². The van der Waals surface area contributed by atoms with Crippen LogP contribution in [-0.4, -0.2) is 42.1 Å². The number of carboxylic acids is 1. The van der Waals surface area contributed by atoms with Gasteiger partial charge in [0, 0.05) is 5.92 Å². The molecule has 7 nitrogen and oxygen atoms in total. The molecule has 0 bridgehead atoms. The summed E-state index contributed by atoms with van der Waals surface area (Å²) >= 11 is 0. The van der Waals surface area contributed by atoms with Gasteiger partial charge >= 0.3 is 11.9 Å². The largest absolute Gasteiger partial charge is 0.481 e. The average Bonchev–Trinajstić information content (AvgIpc) is 2.51. The number of hydrogen-bond acceptors (Lipinski definition) is 5. The molecule has 0 aliphatic rings. The number of carbonyl (C=O) groups excluding carboxylic acids is 2. The van der Waals surface area contributed by atoms with Crippen LogP contribution in [0.2, 0.25) is 0 Å². The summed E-state index contributed by atoms with van der Waals surface area (Å²) in [5, 5.41) is 11.1. The van der Waals surface area contributed by atoms with E-state index >= 15 is 0 Å². The molecule has 0 heterocycles. The van der Waals surface area contributed by atoms with Gasteiger partial charge in [-0.15, -0.1) is 0 Å². The Morgan fingerprint density at radius 1 is 1.27 bits per heavy atom. The standard InChI is InChI=1S/C15H20N2O5/c1-9(10-6-4-3-5-7-10)13(15(21)22-2)17-14(20)11(16)8-12(18)19/h3-7,9,11,13H,8,16H2,1-2H3,(H,17,20)(H,18,19)/t9?,11-,13-/m0/s1. The molecule has 1 aromatic rings. The quantitative estimate of drug-likeness (QED) is 0.621. The number of aliphatic carboxylic acids is 1. The van der Waals surface area contributed by atoms with Crippen molar-refractivity contribution in [2.75, 3.05) is 7.11 Å². The van der Waals surface area contributed by atoms with Gasteiger partial charge in [-0.1, -0.05) is 37.3 Å². The zero-order valence-electron chi connectivity index (χ0n) is 12.5. The van der Waals surface area contributed by atoms with Crippen molar-refractivity contribution in [3.8, 4) is 0 Å². The minimum Gasteiger partial charge on any atom is -0.481 e. The lowest BCUT2D eigenvalue weighted by molar-refractivity contribution is -0.146. The van der Waals surface area contributed by atoms with E-state index in [0.29, 0.717) is 0 Å². The molecule has 1 amide bonds. The van der Waals surface area contributed by atoms with E-state index < -0.39 is 36.4 Å². The summed E-state index contributed by atoms with van der Waals surface area (Å²) < 4.78 is 4.71. The topological polar surface area (TPSA) is 119 Å². The van der Waals surface area contributed by atoms with E-state index in [1.807, 2.05) is 30.3 Å². The first-order chi connectivity index (χ1) is 10.4. The number of hydrogen-bond donors (Lipinski definition) is 3. The van der Waals surface area contributed by atoms with E-state index in [9.17, 15) is 14.4 Å². The van der Waals surface area contributed by atoms with E-state index in [2.05, 4.69) is 5.32 Å². The summed E-state index contributed by atoms with van der Waals surface area (Å²) in [6.07, 6.45) is -0.514. The van der Waals surface area contributed by atoms with E-state index in [0.717, 1.165) is 5.56 Å². The van der Waals surface area contributed by atoms with Gasteiger partial charge in [0.15, 0.2) is 0 Å². The number of nitrogens with one attached hydrogen (secondary N) is 1. The van der Waals surface area contributed by atoms with E-state index in [-0.39, 0.29) is 5.92 Å². The van der Waals surface area contributed by atoms with Gasteiger partial charge in [-0.05, 0) is 5.56 Å². The number of carbonyl (C=O) groups is 3. The van der Waals surface area contributed by atoms with Crippen molar-refractivity contribution in [1.82, 2.24) is 5.32 Å². The van der Waals surface area contributed by atoms with Crippen molar-refractivity contribution in [3.05, 3.63) is 35.9 Å². The Balaban J connectivity index is 2.88. The first-order valence-corrected chi connectivity index (χ1v) is 6.77. The highest BCUT2D eigenvalue weighted by Crippen LogP contribution is 2.20. The van der Waals surface area contributed by atoms with Gasteiger partial charge in [0.05, 0.1) is 19.6 Å². The van der Waals surface area contributed by atoms with E-state index in [1.54, 1.807) is 6.92 Å². The molecular weight excluding hydrogens is 288 g/mol. The van der Waals surface area contributed by atoms with Crippen molar-refractivity contribution >= 4 is 17.8 Å². The van der Waals surface area contributed by atoms with Crippen LogP contribution < -0.4 is 11.1 Å². The van der Waals surface area contributed by atoms with Gasteiger partial charge < -0.3 is 20.9 Å². The third-order valence-electron chi connectivity index (χ3n) is 3.31. The highest BCUT2D eigenvalue weighted by Gasteiger charge is 2.30. The van der Waals surface area contributed by atoms with Crippen LogP contribution >= 0.6 is 0 Å². The van der Waals surface area contributed by atoms with Crippen LogP contribution in [0, 0.1) is 0 Å². The molecule has 0 aromatic heterocycles. The van der Waals surface area contributed by atoms with Gasteiger partial charge in [0.1, 0.15) is 6.04 Å². The zero-order valence-corrected chi connectivity index (χ0v) is 12.5. The molecule has 0 aliphatic carbocycles. The van der Waals surface area contributed by atoms with Crippen molar-refractivity contribution < 1.29 is 24.2 Å². The Bertz CT molecular complexity index is 532. The Labute approximate surface area is 128 Å². The van der Waals surface area contributed by atoms with Gasteiger partial charge in [-0.3, -0.25) is 9.59 Å². The predicted molar refractivity (Wildman–Crippen MR) is 79.0 cm³/mol. The first kappa shape index (κ1) is 17.6. The van der Waals surface area contributed by atoms with Crippen LogP contribution in [0.3, 0.4) is 0 Å². The highest BCUT2D eigenvalue weighted by molar-refractivity contribution is 5.90. The molecule has 4 N–H and O–H groups in total. The minimum absolute atomic E-state index is 0.352. The zero-order chi connectivity index (χ0) is 16.7. The third-order valence-corrected chi connectivity index (χ3v) is 3.31. The molecule has 7 heteroatoms. The maximum Gasteiger partial charge on any atom is 0.328 e. The molecule has 0 saturated heterocycles. The maximum absolute atomic E-state index is 11.9. The summed E-state index contributed by atoms with van der Waals surface area (Å²) in [6, 6.07) is 6.95. The summed E-state index contributed by atoms with van der Waals surface area (Å²) in [7, 11) is 1.22. The highest BCUT2D eigenvalue weighted by atomic mass is 16.5. The smallest absolute Gasteiger partial charge is 0.328 e. The minimum atomic E-state index is -1.23. The molecule has 0 spiro atoms. The maximum atomic E-state index is 11.9. The van der Waals surface area contributed by atoms with Crippen molar-refractivity contribution in [3.63, 3.8) is 0 Å². The van der Waals surface area contributed by atoms with Gasteiger partial charge in [-0.2, -0.15) is 0 Å². The molecule has 3 atom stereocenters. The molecule has 120 valence electrons.